The van der Waals surface area contributed by atoms with Crippen molar-refractivity contribution in [1.29, 1.82) is 0 Å². The smallest absolute Gasteiger partial charge is 0.275 e. The van der Waals surface area contributed by atoms with Gasteiger partial charge in [0.2, 0.25) is 5.91 Å². The quantitative estimate of drug-likeness (QED) is 0.544. The monoisotopic (exact) mass is 443 g/mol. The zero-order chi connectivity index (χ0) is 23.0. The molecule has 2 amide bonds. The molecule has 1 aliphatic heterocycles. The molecule has 1 atom stereocenters. The van der Waals surface area contributed by atoms with Crippen LogP contribution in [0.5, 0.6) is 0 Å². The summed E-state index contributed by atoms with van der Waals surface area (Å²) in [5.74, 6) is -0.189. The molecule has 2 heterocycles. The Bertz CT molecular complexity index is 1170. The maximum atomic E-state index is 13.9. The summed E-state index contributed by atoms with van der Waals surface area (Å²) in [5.41, 5.74) is 2.59. The molecule has 0 radical (unpaired) electrons. The van der Waals surface area contributed by atoms with Crippen LogP contribution in [-0.4, -0.2) is 28.0 Å². The highest BCUT2D eigenvalue weighted by Crippen LogP contribution is 2.36. The first-order valence-corrected chi connectivity index (χ1v) is 12.3. The lowest BCUT2D eigenvalue weighted by Gasteiger charge is -2.44. The van der Waals surface area contributed by atoms with Crippen LogP contribution in [0.1, 0.15) is 68.4 Å². The summed E-state index contributed by atoms with van der Waals surface area (Å²) >= 11 is 0. The Morgan fingerprint density at radius 1 is 1.03 bits per heavy atom. The van der Waals surface area contributed by atoms with Gasteiger partial charge < -0.3 is 9.88 Å². The number of amides is 2. The highest BCUT2D eigenvalue weighted by molar-refractivity contribution is 6.14. The summed E-state index contributed by atoms with van der Waals surface area (Å²) in [5, 5.41) is 4.36. The molecule has 2 aromatic carbocycles. The standard InChI is InChI=1S/C28H33N3O2/c1-3-20-14-16-23(17-15-20)31-26(32)25-18-21-10-8-9-13-24(21)30(25)19-28(31,2)27(33)29-22-11-6-4-5-7-12-22/h8-10,13-18,22H,3-7,11-12,19H2,1-2H3,(H,29,33). The molecular weight excluding hydrogens is 410 g/mol. The van der Waals surface area contributed by atoms with E-state index in [2.05, 4.69) is 24.4 Å². The van der Waals surface area contributed by atoms with Gasteiger partial charge in [0.1, 0.15) is 11.2 Å². The number of aryl methyl sites for hydroxylation is 1. The van der Waals surface area contributed by atoms with Crippen molar-refractivity contribution in [2.24, 2.45) is 0 Å². The van der Waals surface area contributed by atoms with Gasteiger partial charge in [-0.15, -0.1) is 0 Å². The zero-order valence-corrected chi connectivity index (χ0v) is 19.6. The van der Waals surface area contributed by atoms with E-state index < -0.39 is 5.54 Å². The second-order valence-electron chi connectivity index (χ2n) is 9.77. The third-order valence-electron chi connectivity index (χ3n) is 7.47. The predicted molar refractivity (Wildman–Crippen MR) is 133 cm³/mol. The number of carbonyl (C=O) groups excluding carboxylic acids is 2. The summed E-state index contributed by atoms with van der Waals surface area (Å²) in [6.45, 7) is 4.46. The SMILES string of the molecule is CCc1ccc(N2C(=O)c3cc4ccccc4n3CC2(C)C(=O)NC2CCCCCC2)cc1. The summed E-state index contributed by atoms with van der Waals surface area (Å²) in [6, 6.07) is 18.2. The Labute approximate surface area is 195 Å². The third kappa shape index (κ3) is 3.84. The average molecular weight is 444 g/mol. The van der Waals surface area contributed by atoms with Crippen molar-refractivity contribution < 1.29 is 9.59 Å². The number of nitrogens with zero attached hydrogens (tertiary/aromatic N) is 2. The number of nitrogens with one attached hydrogen (secondary N) is 1. The largest absolute Gasteiger partial charge is 0.351 e. The van der Waals surface area contributed by atoms with Gasteiger partial charge in [-0.3, -0.25) is 14.5 Å². The highest BCUT2D eigenvalue weighted by Gasteiger charge is 2.49. The second-order valence-corrected chi connectivity index (χ2v) is 9.77. The minimum absolute atomic E-state index is 0.0641. The van der Waals surface area contributed by atoms with Gasteiger partial charge in [0, 0.05) is 22.6 Å². The first kappa shape index (κ1) is 21.7. The molecule has 1 aromatic heterocycles. The molecule has 1 unspecified atom stereocenters. The van der Waals surface area contributed by atoms with Crippen LogP contribution in [0.2, 0.25) is 0 Å². The number of anilines is 1. The van der Waals surface area contributed by atoms with E-state index in [0.29, 0.717) is 12.2 Å². The lowest BCUT2D eigenvalue weighted by Crippen LogP contribution is -2.65. The minimum Gasteiger partial charge on any atom is -0.351 e. The summed E-state index contributed by atoms with van der Waals surface area (Å²) in [4.78, 5) is 29.6. The van der Waals surface area contributed by atoms with Gasteiger partial charge in [0.15, 0.2) is 0 Å². The van der Waals surface area contributed by atoms with E-state index in [1.54, 1.807) is 4.90 Å². The van der Waals surface area contributed by atoms with E-state index in [-0.39, 0.29) is 17.9 Å². The van der Waals surface area contributed by atoms with Gasteiger partial charge in [-0.2, -0.15) is 0 Å². The van der Waals surface area contributed by atoms with Gasteiger partial charge >= 0.3 is 0 Å². The topological polar surface area (TPSA) is 54.3 Å². The number of para-hydroxylation sites is 1. The molecule has 1 aliphatic carbocycles. The summed E-state index contributed by atoms with van der Waals surface area (Å²) in [6.07, 6.45) is 7.72. The maximum absolute atomic E-state index is 13.9. The third-order valence-corrected chi connectivity index (χ3v) is 7.47. The lowest BCUT2D eigenvalue weighted by molar-refractivity contribution is -0.127. The number of hydrogen-bond acceptors (Lipinski definition) is 2. The fraction of sp³-hybridized carbons (Fsp3) is 0.429. The number of aromatic nitrogens is 1. The molecule has 0 spiro atoms. The number of rotatable bonds is 4. The Balaban J connectivity index is 1.58. The summed E-state index contributed by atoms with van der Waals surface area (Å²) in [7, 11) is 0. The molecule has 3 aromatic rings. The van der Waals surface area contributed by atoms with Gasteiger partial charge in [-0.05, 0) is 56.0 Å². The molecule has 1 saturated carbocycles. The van der Waals surface area contributed by atoms with Crippen molar-refractivity contribution in [2.45, 2.75) is 76.9 Å². The van der Waals surface area contributed by atoms with Crippen LogP contribution in [0.25, 0.3) is 10.9 Å². The zero-order valence-electron chi connectivity index (χ0n) is 19.6. The Morgan fingerprint density at radius 3 is 2.42 bits per heavy atom. The fourth-order valence-electron chi connectivity index (χ4n) is 5.50. The van der Waals surface area contributed by atoms with Crippen molar-refractivity contribution >= 4 is 28.4 Å². The molecular formula is C28H33N3O2. The Kier molecular flexibility index (Phi) is 5.73. The lowest BCUT2D eigenvalue weighted by atomic mass is 9.92. The average Bonchev–Trinajstić information content (AvgIpc) is 3.00. The van der Waals surface area contributed by atoms with Crippen molar-refractivity contribution in [1.82, 2.24) is 9.88 Å². The maximum Gasteiger partial charge on any atom is 0.275 e. The normalized spacial score (nSPS) is 21.6. The van der Waals surface area contributed by atoms with E-state index in [1.165, 1.54) is 18.4 Å². The molecule has 172 valence electrons. The molecule has 0 bridgehead atoms. The molecule has 0 saturated heterocycles. The van der Waals surface area contributed by atoms with Crippen LogP contribution in [0.15, 0.2) is 54.6 Å². The highest BCUT2D eigenvalue weighted by atomic mass is 16.2. The molecule has 5 nitrogen and oxygen atoms in total. The predicted octanol–water partition coefficient (Wildman–Crippen LogP) is 5.46. The molecule has 2 aliphatic rings. The molecule has 5 heteroatoms. The van der Waals surface area contributed by atoms with Crippen molar-refractivity contribution in [3.63, 3.8) is 0 Å². The first-order chi connectivity index (χ1) is 16.0. The van der Waals surface area contributed by atoms with Gasteiger partial charge in [0.05, 0.1) is 6.54 Å². The molecule has 5 rings (SSSR count). The Hall–Kier alpha value is -3.08. The van der Waals surface area contributed by atoms with Crippen LogP contribution in [-0.2, 0) is 17.8 Å². The Morgan fingerprint density at radius 2 is 1.73 bits per heavy atom. The second kappa shape index (κ2) is 8.69. The van der Waals surface area contributed by atoms with E-state index in [1.807, 2.05) is 54.0 Å². The van der Waals surface area contributed by atoms with Gasteiger partial charge in [-0.1, -0.05) is 62.9 Å². The van der Waals surface area contributed by atoms with E-state index in [4.69, 9.17) is 0 Å². The first-order valence-electron chi connectivity index (χ1n) is 12.3. The van der Waals surface area contributed by atoms with Crippen LogP contribution >= 0.6 is 0 Å². The van der Waals surface area contributed by atoms with Crippen molar-refractivity contribution in [3.05, 3.63) is 65.9 Å². The van der Waals surface area contributed by atoms with Crippen molar-refractivity contribution in [3.8, 4) is 0 Å². The molecule has 33 heavy (non-hydrogen) atoms. The van der Waals surface area contributed by atoms with Crippen LogP contribution < -0.4 is 10.2 Å². The minimum atomic E-state index is -1.02. The van der Waals surface area contributed by atoms with Gasteiger partial charge in [0.25, 0.3) is 5.91 Å². The number of benzene rings is 2. The molecule has 1 N–H and O–H groups in total. The van der Waals surface area contributed by atoms with Crippen molar-refractivity contribution in [2.75, 3.05) is 4.90 Å². The number of fused-ring (bicyclic) bond motifs is 3. The number of carbonyl (C=O) groups is 2. The molecule has 1 fully saturated rings. The van der Waals surface area contributed by atoms with Crippen LogP contribution in [0, 0.1) is 0 Å². The fourth-order valence-corrected chi connectivity index (χ4v) is 5.50. The van der Waals surface area contributed by atoms with Crippen LogP contribution in [0.3, 0.4) is 0 Å². The van der Waals surface area contributed by atoms with E-state index >= 15 is 0 Å². The number of hydrogen-bond donors (Lipinski definition) is 1. The van der Waals surface area contributed by atoms with E-state index in [0.717, 1.165) is 48.7 Å². The van der Waals surface area contributed by atoms with Crippen LogP contribution in [0.4, 0.5) is 5.69 Å². The van der Waals surface area contributed by atoms with Gasteiger partial charge in [-0.25, -0.2) is 0 Å². The van der Waals surface area contributed by atoms with E-state index in [9.17, 15) is 9.59 Å². The summed E-state index contributed by atoms with van der Waals surface area (Å²) < 4.78 is 2.03.